The lowest BCUT2D eigenvalue weighted by Crippen LogP contribution is -2.16. The number of pyridine rings is 1. The molecule has 0 bridgehead atoms. The van der Waals surface area contributed by atoms with E-state index in [0.717, 1.165) is 34.0 Å². The Morgan fingerprint density at radius 1 is 1.15 bits per heavy atom. The van der Waals surface area contributed by atoms with Crippen LogP contribution in [0.1, 0.15) is 25.8 Å². The maximum absolute atomic E-state index is 6.23. The molecule has 2 aromatic heterocycles. The van der Waals surface area contributed by atoms with Gasteiger partial charge in [-0.15, -0.1) is 0 Å². The van der Waals surface area contributed by atoms with Crippen molar-refractivity contribution in [3.8, 4) is 11.3 Å². The zero-order chi connectivity index (χ0) is 18.5. The van der Waals surface area contributed by atoms with E-state index in [4.69, 9.17) is 11.6 Å². The second-order valence-electron chi connectivity index (χ2n) is 6.25. The molecule has 2 heterocycles. The minimum Gasteiger partial charge on any atom is -0.352 e. The van der Waals surface area contributed by atoms with Crippen LogP contribution in [0.5, 0.6) is 0 Å². The lowest BCUT2D eigenvalue weighted by atomic mass is 10.2. The van der Waals surface area contributed by atoms with E-state index in [1.165, 1.54) is 0 Å². The van der Waals surface area contributed by atoms with Crippen LogP contribution in [0.25, 0.3) is 11.3 Å². The molecule has 0 spiro atoms. The topological polar surface area (TPSA) is 62.7 Å². The van der Waals surface area contributed by atoms with Gasteiger partial charge in [0.25, 0.3) is 0 Å². The molecule has 0 amide bonds. The fourth-order valence-electron chi connectivity index (χ4n) is 2.38. The highest BCUT2D eigenvalue weighted by Crippen LogP contribution is 2.26. The van der Waals surface area contributed by atoms with Crippen LogP contribution in [0.4, 0.5) is 17.5 Å². The summed E-state index contributed by atoms with van der Waals surface area (Å²) in [4.78, 5) is 13.4. The van der Waals surface area contributed by atoms with E-state index in [0.29, 0.717) is 11.8 Å². The minimum atomic E-state index is 0.279. The molecule has 2 N–H and O–H groups in total. The highest BCUT2D eigenvalue weighted by atomic mass is 35.5. The number of nitrogens with zero attached hydrogens (tertiary/aromatic N) is 3. The van der Waals surface area contributed by atoms with Crippen molar-refractivity contribution in [3.05, 3.63) is 59.4 Å². The predicted molar refractivity (Wildman–Crippen MR) is 108 cm³/mol. The summed E-state index contributed by atoms with van der Waals surface area (Å²) in [5, 5.41) is 7.37. The Labute approximate surface area is 158 Å². The molecule has 3 aromatic rings. The number of hydrogen-bond acceptors (Lipinski definition) is 5. The zero-order valence-corrected chi connectivity index (χ0v) is 15.9. The molecular formula is C20H22ClN5. The second kappa shape index (κ2) is 8.15. The van der Waals surface area contributed by atoms with E-state index < -0.39 is 0 Å². The highest BCUT2D eigenvalue weighted by Gasteiger charge is 2.10. The van der Waals surface area contributed by atoms with Crippen molar-refractivity contribution < 1.29 is 0 Å². The number of anilines is 3. The zero-order valence-electron chi connectivity index (χ0n) is 15.1. The van der Waals surface area contributed by atoms with Gasteiger partial charge < -0.3 is 10.6 Å². The first-order chi connectivity index (χ1) is 12.5. The van der Waals surface area contributed by atoms with E-state index >= 15 is 0 Å². The summed E-state index contributed by atoms with van der Waals surface area (Å²) in [6.45, 7) is 6.20. The van der Waals surface area contributed by atoms with Crippen LogP contribution in [0.3, 0.4) is 0 Å². The highest BCUT2D eigenvalue weighted by molar-refractivity contribution is 6.31. The van der Waals surface area contributed by atoms with Gasteiger partial charge in [0, 0.05) is 40.8 Å². The Balaban J connectivity index is 1.97. The molecule has 0 aliphatic carbocycles. The van der Waals surface area contributed by atoms with Crippen molar-refractivity contribution >= 4 is 29.1 Å². The van der Waals surface area contributed by atoms with E-state index in [1.54, 1.807) is 12.4 Å². The van der Waals surface area contributed by atoms with Crippen LogP contribution < -0.4 is 10.6 Å². The molecule has 0 fully saturated rings. The standard InChI is InChI=1S/C20H22ClN5/c1-4-14(3)23-20-25-18(15-6-5-9-22-12-15)11-19(26-20)24-16-8-7-13(2)17(21)10-16/h5-12,14H,4H2,1-3H3,(H2,23,24,25,26)/t14-/m0/s1. The van der Waals surface area contributed by atoms with Crippen LogP contribution >= 0.6 is 11.6 Å². The maximum atomic E-state index is 6.23. The van der Waals surface area contributed by atoms with Crippen molar-refractivity contribution in [1.82, 2.24) is 15.0 Å². The van der Waals surface area contributed by atoms with Crippen molar-refractivity contribution in [3.63, 3.8) is 0 Å². The van der Waals surface area contributed by atoms with Crippen LogP contribution in [0, 0.1) is 6.92 Å². The third-order valence-electron chi connectivity index (χ3n) is 4.12. The molecule has 1 aromatic carbocycles. The molecular weight excluding hydrogens is 346 g/mol. The average Bonchev–Trinajstić information content (AvgIpc) is 2.65. The van der Waals surface area contributed by atoms with Gasteiger partial charge in [0.15, 0.2) is 0 Å². The smallest absolute Gasteiger partial charge is 0.225 e. The molecule has 0 aliphatic heterocycles. The summed E-state index contributed by atoms with van der Waals surface area (Å²) in [6.07, 6.45) is 4.52. The molecule has 134 valence electrons. The largest absolute Gasteiger partial charge is 0.352 e. The van der Waals surface area contributed by atoms with E-state index in [-0.39, 0.29) is 6.04 Å². The number of rotatable bonds is 6. The monoisotopic (exact) mass is 367 g/mol. The van der Waals surface area contributed by atoms with Gasteiger partial charge in [-0.3, -0.25) is 4.98 Å². The lowest BCUT2D eigenvalue weighted by molar-refractivity contribution is 0.753. The summed E-state index contributed by atoms with van der Waals surface area (Å²) in [5.74, 6) is 1.28. The average molecular weight is 368 g/mol. The SMILES string of the molecule is CC[C@H](C)Nc1nc(Nc2ccc(C)c(Cl)c2)cc(-c2cccnc2)n1. The molecule has 1 atom stereocenters. The van der Waals surface area contributed by atoms with Crippen LogP contribution in [-0.2, 0) is 0 Å². The first-order valence-corrected chi connectivity index (χ1v) is 9.02. The first kappa shape index (κ1) is 18.1. The molecule has 0 saturated carbocycles. The van der Waals surface area contributed by atoms with Crippen molar-refractivity contribution in [2.24, 2.45) is 0 Å². The van der Waals surface area contributed by atoms with E-state index in [1.807, 2.05) is 43.3 Å². The van der Waals surface area contributed by atoms with Crippen LogP contribution in [0.15, 0.2) is 48.8 Å². The number of nitrogens with one attached hydrogen (secondary N) is 2. The van der Waals surface area contributed by atoms with E-state index in [2.05, 4.69) is 39.4 Å². The fraction of sp³-hybridized carbons (Fsp3) is 0.250. The minimum absolute atomic E-state index is 0.279. The number of benzene rings is 1. The van der Waals surface area contributed by atoms with Crippen LogP contribution in [-0.4, -0.2) is 21.0 Å². The molecule has 0 unspecified atom stereocenters. The van der Waals surface area contributed by atoms with Gasteiger partial charge >= 0.3 is 0 Å². The van der Waals surface area contributed by atoms with Crippen molar-refractivity contribution in [1.29, 1.82) is 0 Å². The van der Waals surface area contributed by atoms with Gasteiger partial charge in [-0.05, 0) is 50.1 Å². The van der Waals surface area contributed by atoms with Gasteiger partial charge in [-0.1, -0.05) is 24.6 Å². The third kappa shape index (κ3) is 4.49. The maximum Gasteiger partial charge on any atom is 0.225 e. The molecule has 6 heteroatoms. The van der Waals surface area contributed by atoms with Gasteiger partial charge in [-0.2, -0.15) is 4.98 Å². The van der Waals surface area contributed by atoms with E-state index in [9.17, 15) is 0 Å². The predicted octanol–water partition coefficient (Wildman–Crippen LogP) is 5.45. The Morgan fingerprint density at radius 2 is 2.00 bits per heavy atom. The summed E-state index contributed by atoms with van der Waals surface area (Å²) in [5.41, 5.74) is 3.66. The number of aromatic nitrogens is 3. The third-order valence-corrected chi connectivity index (χ3v) is 4.52. The van der Waals surface area contributed by atoms with Crippen molar-refractivity contribution in [2.45, 2.75) is 33.2 Å². The number of halogens is 1. The lowest BCUT2D eigenvalue weighted by Gasteiger charge is -2.15. The molecule has 0 aliphatic rings. The first-order valence-electron chi connectivity index (χ1n) is 8.64. The number of hydrogen-bond donors (Lipinski definition) is 2. The Hall–Kier alpha value is -2.66. The quantitative estimate of drug-likeness (QED) is 0.606. The summed E-state index contributed by atoms with van der Waals surface area (Å²) >= 11 is 6.23. The Bertz CT molecular complexity index is 883. The van der Waals surface area contributed by atoms with Gasteiger partial charge in [-0.25, -0.2) is 4.98 Å². The number of aryl methyl sites for hydroxylation is 1. The molecule has 0 saturated heterocycles. The summed E-state index contributed by atoms with van der Waals surface area (Å²) < 4.78 is 0. The van der Waals surface area contributed by atoms with Crippen LogP contribution in [0.2, 0.25) is 5.02 Å². The second-order valence-corrected chi connectivity index (χ2v) is 6.65. The van der Waals surface area contributed by atoms with Crippen molar-refractivity contribution in [2.75, 3.05) is 10.6 Å². The molecule has 3 rings (SSSR count). The Kier molecular flexibility index (Phi) is 5.68. The summed E-state index contributed by atoms with van der Waals surface area (Å²) in [7, 11) is 0. The fourth-order valence-corrected chi connectivity index (χ4v) is 2.56. The van der Waals surface area contributed by atoms with Gasteiger partial charge in [0.05, 0.1) is 5.69 Å². The molecule has 26 heavy (non-hydrogen) atoms. The normalized spacial score (nSPS) is 11.8. The van der Waals surface area contributed by atoms with Gasteiger partial charge in [0.1, 0.15) is 5.82 Å². The molecule has 5 nitrogen and oxygen atoms in total. The van der Waals surface area contributed by atoms with Gasteiger partial charge in [0.2, 0.25) is 5.95 Å². The molecule has 0 radical (unpaired) electrons. The Morgan fingerprint density at radius 3 is 2.69 bits per heavy atom. The summed E-state index contributed by atoms with van der Waals surface area (Å²) in [6, 6.07) is 11.9.